The van der Waals surface area contributed by atoms with E-state index in [2.05, 4.69) is 25.9 Å². The van der Waals surface area contributed by atoms with Crippen molar-refractivity contribution in [1.82, 2.24) is 20.4 Å². The van der Waals surface area contributed by atoms with Crippen molar-refractivity contribution in [2.24, 2.45) is 5.84 Å². The van der Waals surface area contributed by atoms with Crippen molar-refractivity contribution in [2.45, 2.75) is 13.5 Å². The van der Waals surface area contributed by atoms with E-state index in [9.17, 15) is 4.79 Å². The van der Waals surface area contributed by atoms with Gasteiger partial charge in [0.05, 0.1) is 12.2 Å². The topological polar surface area (TPSA) is 119 Å². The van der Waals surface area contributed by atoms with Crippen LogP contribution >= 0.6 is 0 Å². The number of hydrogen-bond donors (Lipinski definition) is 3. The Hall–Kier alpha value is -2.48. The third-order valence-electron chi connectivity index (χ3n) is 2.14. The predicted molar refractivity (Wildman–Crippen MR) is 62.3 cm³/mol. The molecule has 1 amide bonds. The molecular formula is C10H12N6O2. The molecule has 2 rings (SSSR count). The highest BCUT2D eigenvalue weighted by atomic mass is 16.5. The average molecular weight is 248 g/mol. The smallest absolute Gasteiger partial charge is 0.270 e. The molecule has 0 aliphatic rings. The van der Waals surface area contributed by atoms with Gasteiger partial charge in [-0.05, 0) is 12.1 Å². The van der Waals surface area contributed by atoms with Crippen LogP contribution in [0.1, 0.15) is 22.2 Å². The van der Waals surface area contributed by atoms with E-state index in [4.69, 9.17) is 10.4 Å². The van der Waals surface area contributed by atoms with Crippen LogP contribution in [0.4, 0.5) is 5.69 Å². The maximum absolute atomic E-state index is 11.8. The first kappa shape index (κ1) is 12.0. The highest BCUT2D eigenvalue weighted by molar-refractivity contribution is 5.92. The number of aromatic nitrogens is 3. The molecule has 0 spiro atoms. The molecule has 0 saturated heterocycles. The summed E-state index contributed by atoms with van der Waals surface area (Å²) in [6.45, 7) is 1.86. The summed E-state index contributed by atoms with van der Waals surface area (Å²) in [5.74, 6) is 5.77. The molecule has 18 heavy (non-hydrogen) atoms. The number of aryl methyl sites for hydroxylation is 1. The first-order chi connectivity index (χ1) is 8.69. The number of rotatable bonds is 4. The zero-order valence-electron chi connectivity index (χ0n) is 9.67. The first-order valence-corrected chi connectivity index (χ1v) is 5.19. The van der Waals surface area contributed by atoms with Crippen LogP contribution in [0, 0.1) is 6.92 Å². The van der Waals surface area contributed by atoms with E-state index in [-0.39, 0.29) is 18.1 Å². The van der Waals surface area contributed by atoms with Gasteiger partial charge >= 0.3 is 0 Å². The van der Waals surface area contributed by atoms with E-state index in [1.165, 1.54) is 12.3 Å². The summed E-state index contributed by atoms with van der Waals surface area (Å²) >= 11 is 0. The summed E-state index contributed by atoms with van der Waals surface area (Å²) in [5, 5.41) is 6.29. The van der Waals surface area contributed by atoms with Crippen LogP contribution in [-0.2, 0) is 6.54 Å². The molecule has 8 heteroatoms. The number of carbonyl (C=O) groups excluding carboxylic acids is 1. The second-order valence-corrected chi connectivity index (χ2v) is 3.49. The molecule has 0 bridgehead atoms. The molecule has 94 valence electrons. The van der Waals surface area contributed by atoms with Gasteiger partial charge in [-0.15, -0.1) is 0 Å². The van der Waals surface area contributed by atoms with Crippen molar-refractivity contribution in [2.75, 3.05) is 5.43 Å². The molecule has 0 aliphatic carbocycles. The molecule has 4 N–H and O–H groups in total. The Morgan fingerprint density at radius 3 is 3.06 bits per heavy atom. The number of hydrazine groups is 1. The van der Waals surface area contributed by atoms with Crippen LogP contribution in [-0.4, -0.2) is 21.0 Å². The SMILES string of the molecule is Cc1nc(CNC(=O)c2cc(NN)ccn2)no1. The Kier molecular flexibility index (Phi) is 3.49. The quantitative estimate of drug-likeness (QED) is 0.514. The lowest BCUT2D eigenvalue weighted by molar-refractivity contribution is 0.0944. The Balaban J connectivity index is 1.99. The summed E-state index contributed by atoms with van der Waals surface area (Å²) < 4.78 is 4.78. The van der Waals surface area contributed by atoms with Crippen molar-refractivity contribution >= 4 is 11.6 Å². The second kappa shape index (κ2) is 5.23. The largest absolute Gasteiger partial charge is 0.343 e. The van der Waals surface area contributed by atoms with Crippen LogP contribution in [0.15, 0.2) is 22.9 Å². The lowest BCUT2D eigenvalue weighted by Crippen LogP contribution is -2.24. The molecule has 0 radical (unpaired) electrons. The standard InChI is InChI=1S/C10H12N6O2/c1-6-14-9(16-18-6)5-13-10(17)8-4-7(15-11)2-3-12-8/h2-4H,5,11H2,1H3,(H,12,15)(H,13,17). The molecule has 8 nitrogen and oxygen atoms in total. The van der Waals surface area contributed by atoms with Gasteiger partial charge in [-0.1, -0.05) is 5.16 Å². The highest BCUT2D eigenvalue weighted by Crippen LogP contribution is 2.06. The highest BCUT2D eigenvalue weighted by Gasteiger charge is 2.09. The van der Waals surface area contributed by atoms with Crippen LogP contribution in [0.25, 0.3) is 0 Å². The summed E-state index contributed by atoms with van der Waals surface area (Å²) in [6, 6.07) is 3.19. The molecule has 0 aromatic carbocycles. The van der Waals surface area contributed by atoms with Crippen LogP contribution in [0.5, 0.6) is 0 Å². The van der Waals surface area contributed by atoms with Crippen LogP contribution < -0.4 is 16.6 Å². The minimum atomic E-state index is -0.338. The van der Waals surface area contributed by atoms with Gasteiger partial charge in [0.15, 0.2) is 5.82 Å². The van der Waals surface area contributed by atoms with Gasteiger partial charge in [0, 0.05) is 13.1 Å². The summed E-state index contributed by atoms with van der Waals surface area (Å²) in [4.78, 5) is 19.7. The summed E-state index contributed by atoms with van der Waals surface area (Å²) in [7, 11) is 0. The van der Waals surface area contributed by atoms with E-state index in [1.54, 1.807) is 13.0 Å². The lowest BCUT2D eigenvalue weighted by Gasteiger charge is -2.03. The van der Waals surface area contributed by atoms with Crippen molar-refractivity contribution < 1.29 is 9.32 Å². The molecule has 0 unspecified atom stereocenters. The maximum Gasteiger partial charge on any atom is 0.270 e. The molecular weight excluding hydrogens is 236 g/mol. The number of carbonyl (C=O) groups is 1. The van der Waals surface area contributed by atoms with E-state index >= 15 is 0 Å². The fraction of sp³-hybridized carbons (Fsp3) is 0.200. The first-order valence-electron chi connectivity index (χ1n) is 5.19. The van der Waals surface area contributed by atoms with Crippen molar-refractivity contribution in [3.05, 3.63) is 35.7 Å². The van der Waals surface area contributed by atoms with E-state index in [0.29, 0.717) is 17.4 Å². The van der Waals surface area contributed by atoms with Gasteiger partial charge in [-0.25, -0.2) is 0 Å². The molecule has 0 saturated carbocycles. The monoisotopic (exact) mass is 248 g/mol. The third kappa shape index (κ3) is 2.80. The second-order valence-electron chi connectivity index (χ2n) is 3.49. The number of nitrogens with one attached hydrogen (secondary N) is 2. The molecule has 0 atom stereocenters. The number of anilines is 1. The Morgan fingerprint density at radius 2 is 2.39 bits per heavy atom. The lowest BCUT2D eigenvalue weighted by atomic mass is 10.3. The minimum absolute atomic E-state index is 0.179. The number of nitrogen functional groups attached to an aromatic ring is 1. The van der Waals surface area contributed by atoms with Gasteiger partial charge in [0.2, 0.25) is 5.89 Å². The Morgan fingerprint density at radius 1 is 1.56 bits per heavy atom. The fourth-order valence-corrected chi connectivity index (χ4v) is 1.31. The Bertz CT molecular complexity index is 553. The maximum atomic E-state index is 11.8. The summed E-state index contributed by atoms with van der Waals surface area (Å²) in [6.07, 6.45) is 1.49. The predicted octanol–water partition coefficient (Wildman–Crippen LogP) is -0.0114. The van der Waals surface area contributed by atoms with Crippen LogP contribution in [0.3, 0.4) is 0 Å². The van der Waals surface area contributed by atoms with E-state index in [1.807, 2.05) is 0 Å². The van der Waals surface area contributed by atoms with Gasteiger partial charge in [-0.2, -0.15) is 4.98 Å². The van der Waals surface area contributed by atoms with Crippen molar-refractivity contribution in [1.29, 1.82) is 0 Å². The third-order valence-corrected chi connectivity index (χ3v) is 2.14. The van der Waals surface area contributed by atoms with Crippen LogP contribution in [0.2, 0.25) is 0 Å². The minimum Gasteiger partial charge on any atom is -0.343 e. The number of amides is 1. The molecule has 2 heterocycles. The van der Waals surface area contributed by atoms with Gasteiger partial charge in [0.25, 0.3) is 5.91 Å². The van der Waals surface area contributed by atoms with Gasteiger partial charge in [-0.3, -0.25) is 15.6 Å². The number of nitrogens with two attached hydrogens (primary N) is 1. The number of pyridine rings is 1. The zero-order valence-corrected chi connectivity index (χ0v) is 9.67. The van der Waals surface area contributed by atoms with E-state index in [0.717, 1.165) is 0 Å². The molecule has 0 aliphatic heterocycles. The molecule has 2 aromatic rings. The van der Waals surface area contributed by atoms with Crippen molar-refractivity contribution in [3.63, 3.8) is 0 Å². The number of hydrogen-bond acceptors (Lipinski definition) is 7. The van der Waals surface area contributed by atoms with Gasteiger partial charge < -0.3 is 15.3 Å². The average Bonchev–Trinajstić information content (AvgIpc) is 2.82. The Labute approximate surface area is 103 Å². The van der Waals surface area contributed by atoms with Gasteiger partial charge in [0.1, 0.15) is 5.69 Å². The van der Waals surface area contributed by atoms with E-state index < -0.39 is 0 Å². The zero-order chi connectivity index (χ0) is 13.0. The normalized spacial score (nSPS) is 10.1. The molecule has 0 fully saturated rings. The number of nitrogens with zero attached hydrogens (tertiary/aromatic N) is 3. The molecule has 2 aromatic heterocycles. The summed E-state index contributed by atoms with van der Waals surface area (Å²) in [5.41, 5.74) is 3.30. The fourth-order valence-electron chi connectivity index (χ4n) is 1.31. The van der Waals surface area contributed by atoms with Crippen molar-refractivity contribution in [3.8, 4) is 0 Å².